The molecule has 1 unspecified atom stereocenters. The van der Waals surface area contributed by atoms with E-state index in [1.54, 1.807) is 13.2 Å². The van der Waals surface area contributed by atoms with Crippen molar-refractivity contribution in [1.29, 1.82) is 0 Å². The summed E-state index contributed by atoms with van der Waals surface area (Å²) in [7, 11) is 1.56. The van der Waals surface area contributed by atoms with Gasteiger partial charge in [-0.15, -0.1) is 19.4 Å². The van der Waals surface area contributed by atoms with Crippen LogP contribution in [0.2, 0.25) is 0 Å². The van der Waals surface area contributed by atoms with Gasteiger partial charge in [0.15, 0.2) is 6.29 Å². The van der Waals surface area contributed by atoms with E-state index in [-0.39, 0.29) is 59.1 Å². The van der Waals surface area contributed by atoms with Crippen LogP contribution in [0, 0.1) is 24.7 Å². The first-order valence-corrected chi connectivity index (χ1v) is 29.6. The molecule has 0 aromatic heterocycles. The van der Waals surface area contributed by atoms with Gasteiger partial charge < -0.3 is 75.8 Å². The lowest BCUT2D eigenvalue weighted by molar-refractivity contribution is -0.210. The molecule has 502 valence electrons. The second-order valence-electron chi connectivity index (χ2n) is 26.1. The lowest BCUT2D eigenvalue weighted by Gasteiger charge is -2.29. The minimum Gasteiger partial charge on any atom is -0.359 e. The summed E-state index contributed by atoms with van der Waals surface area (Å²) in [5.41, 5.74) is -0.205. The van der Waals surface area contributed by atoms with Crippen LogP contribution in [0.4, 0.5) is 0 Å². The van der Waals surface area contributed by atoms with Crippen LogP contribution in [-0.2, 0) is 75.8 Å². The first-order valence-electron chi connectivity index (χ1n) is 29.6. The highest BCUT2D eigenvalue weighted by Gasteiger charge is 2.21. The molecule has 1 heterocycles. The maximum Gasteiger partial charge on any atom is 0.158 e. The summed E-state index contributed by atoms with van der Waals surface area (Å²) in [6.07, 6.45) is 25.4. The molecule has 1 fully saturated rings. The molecule has 0 aromatic rings. The molecule has 1 aliphatic rings. The summed E-state index contributed by atoms with van der Waals surface area (Å²) in [6.45, 7) is 67.8. The second-order valence-corrected chi connectivity index (χ2v) is 26.1. The first-order chi connectivity index (χ1) is 38.4. The molecule has 0 amide bonds. The van der Waals surface area contributed by atoms with E-state index in [4.69, 9.17) is 83.9 Å². The van der Waals surface area contributed by atoms with Crippen molar-refractivity contribution in [2.45, 2.75) is 270 Å². The molecule has 16 heteroatoms. The number of terminal acetylenes is 2. The highest BCUT2D eigenvalue weighted by molar-refractivity contribution is 5.02. The Kier molecular flexibility index (Phi) is 65.8. The van der Waals surface area contributed by atoms with Gasteiger partial charge in [-0.2, -0.15) is 0 Å². The Labute approximate surface area is 518 Å². The summed E-state index contributed by atoms with van der Waals surface area (Å²) in [4.78, 5) is 0. The van der Waals surface area contributed by atoms with E-state index in [0.29, 0.717) is 67.0 Å². The Morgan fingerprint density at radius 1 is 0.524 bits per heavy atom. The molecular weight excluding hydrogens is 1070 g/mol. The van der Waals surface area contributed by atoms with Gasteiger partial charge in [0.1, 0.15) is 59.8 Å². The van der Waals surface area contributed by atoms with Crippen molar-refractivity contribution in [3.63, 3.8) is 0 Å². The molecule has 16 nitrogen and oxygen atoms in total. The van der Waals surface area contributed by atoms with Gasteiger partial charge in [-0.25, -0.2) is 0 Å². The van der Waals surface area contributed by atoms with Crippen LogP contribution in [0.25, 0.3) is 0 Å². The van der Waals surface area contributed by atoms with Crippen LogP contribution in [-0.4, -0.2) is 152 Å². The van der Waals surface area contributed by atoms with Gasteiger partial charge in [-0.1, -0.05) is 68.2 Å². The summed E-state index contributed by atoms with van der Waals surface area (Å²) in [5.74, 6) is 4.83. The molecule has 0 aliphatic carbocycles. The summed E-state index contributed by atoms with van der Waals surface area (Å²) in [6, 6.07) is 0. The van der Waals surface area contributed by atoms with Gasteiger partial charge in [0, 0.05) is 20.3 Å². The van der Waals surface area contributed by atoms with E-state index in [9.17, 15) is 0 Å². The Bertz CT molecular complexity index is 1560. The minimum atomic E-state index is -0.504. The number of ether oxygens (including phenoxy) is 16. The van der Waals surface area contributed by atoms with E-state index in [1.807, 2.05) is 171 Å². The quantitative estimate of drug-likeness (QED) is 0.0316. The lowest BCUT2D eigenvalue weighted by atomic mass is 10.1. The number of rotatable bonds is 28. The van der Waals surface area contributed by atoms with Gasteiger partial charge in [-0.3, -0.25) is 0 Å². The van der Waals surface area contributed by atoms with Crippen LogP contribution < -0.4 is 0 Å². The van der Waals surface area contributed by atoms with Gasteiger partial charge >= 0.3 is 0 Å². The Hall–Kier alpha value is -2.56. The van der Waals surface area contributed by atoms with Gasteiger partial charge in [-0.05, 0) is 205 Å². The zero-order valence-corrected chi connectivity index (χ0v) is 59.5. The second kappa shape index (κ2) is 58.1. The molecular formula is C68H134O16. The largest absolute Gasteiger partial charge is 0.359 e. The van der Waals surface area contributed by atoms with Gasteiger partial charge in [0.2, 0.25) is 0 Å². The SMILES string of the molecule is C#CC(C)(C)OCOC.C#CCOCOC(C)(C)C.C/C=C/COCOC(C)(C)C.C=C(C)COCOC(C)(C)C.C=CCOCOC(C)(C)C.CC(C)(C)OC1CCCCO1.CC/C=C/COCOC(C)(C)C.CCCOCOC(C)(C)C. The molecule has 1 atom stereocenters. The predicted molar refractivity (Wildman–Crippen MR) is 349 cm³/mol. The van der Waals surface area contributed by atoms with Crippen molar-refractivity contribution in [2.24, 2.45) is 0 Å². The van der Waals surface area contributed by atoms with Gasteiger partial charge in [0.25, 0.3) is 0 Å². The molecule has 0 aromatic carbocycles. The Morgan fingerprint density at radius 2 is 0.929 bits per heavy atom. The smallest absolute Gasteiger partial charge is 0.158 e. The fourth-order valence-electron chi connectivity index (χ4n) is 3.97. The third-order valence-electron chi connectivity index (χ3n) is 8.14. The predicted octanol–water partition coefficient (Wildman–Crippen LogP) is 16.3. The van der Waals surface area contributed by atoms with E-state index in [1.165, 1.54) is 12.8 Å². The van der Waals surface area contributed by atoms with Crippen molar-refractivity contribution in [3.8, 4) is 24.7 Å². The van der Waals surface area contributed by atoms with Crippen molar-refractivity contribution in [3.05, 3.63) is 49.1 Å². The first kappa shape index (κ1) is 95.1. The minimum absolute atomic E-state index is 0.0451. The van der Waals surface area contributed by atoms with Crippen molar-refractivity contribution in [2.75, 3.05) is 101 Å². The Balaban J connectivity index is -0.000000162. The van der Waals surface area contributed by atoms with Crippen LogP contribution >= 0.6 is 0 Å². The van der Waals surface area contributed by atoms with E-state index < -0.39 is 5.60 Å². The van der Waals surface area contributed by atoms with Crippen LogP contribution in [0.15, 0.2) is 49.1 Å². The molecule has 1 rings (SSSR count). The zero-order valence-electron chi connectivity index (χ0n) is 59.5. The molecule has 84 heavy (non-hydrogen) atoms. The summed E-state index contributed by atoms with van der Waals surface area (Å²) in [5, 5.41) is 0. The van der Waals surface area contributed by atoms with Crippen molar-refractivity contribution < 1.29 is 75.8 Å². The zero-order chi connectivity index (χ0) is 66.9. The van der Waals surface area contributed by atoms with Crippen molar-refractivity contribution in [1.82, 2.24) is 0 Å². The van der Waals surface area contributed by atoms with E-state index in [0.717, 1.165) is 38.0 Å². The number of hydrogen-bond donors (Lipinski definition) is 0. The molecule has 1 aliphatic heterocycles. The summed E-state index contributed by atoms with van der Waals surface area (Å²) >= 11 is 0. The third-order valence-corrected chi connectivity index (χ3v) is 8.14. The summed E-state index contributed by atoms with van der Waals surface area (Å²) < 4.78 is 83.1. The molecule has 1 saturated heterocycles. The molecule has 0 N–H and O–H groups in total. The monoisotopic (exact) mass is 1210 g/mol. The molecule has 0 spiro atoms. The van der Waals surface area contributed by atoms with Crippen LogP contribution in [0.3, 0.4) is 0 Å². The number of hydrogen-bond acceptors (Lipinski definition) is 16. The van der Waals surface area contributed by atoms with Gasteiger partial charge in [0.05, 0.1) is 65.6 Å². The maximum absolute atomic E-state index is 5.66. The standard InChI is InChI=1S/C10H20O2.3C9H18O2.C8H18O2.C8H16O2.C8H14O2.C7H12O2/c1-5-6-7-8-11-9-12-10(2,3)4;1-9(2,3)11-8-6-4-5-7-10-8;1-8(2)6-10-7-11-9(3,4)5;1-5-6-7-10-8-11-9(2,3)4;3*1-5-6-9-7-10-8(2,3)4;1-5-7(2,3)9-6-8-4/h6-7H,5,8-9H2,1-4H3;8H,4-7H2,1-3H3;1,6-7H2,2-5H3;5-6H,7-8H2,1-4H3;5-7H2,1-4H3;5H,1,6-7H2,2-4H3;1H,6-7H2,2-4H3;1H,6H2,2-4H3/b7-6+;;;6-5+;;;;. The highest BCUT2D eigenvalue weighted by atomic mass is 16.7. The molecule has 0 bridgehead atoms. The number of allylic oxidation sites excluding steroid dienone is 2. The van der Waals surface area contributed by atoms with Crippen molar-refractivity contribution >= 4 is 0 Å². The highest BCUT2D eigenvalue weighted by Crippen LogP contribution is 2.20. The molecule has 0 saturated carbocycles. The average molecular weight is 1210 g/mol. The lowest BCUT2D eigenvalue weighted by Crippen LogP contribution is -2.31. The molecule has 0 radical (unpaired) electrons. The van der Waals surface area contributed by atoms with Crippen LogP contribution in [0.1, 0.15) is 219 Å². The normalized spacial score (nSPS) is 13.8. The maximum atomic E-state index is 5.66. The van der Waals surface area contributed by atoms with E-state index in [2.05, 4.69) is 70.4 Å². The third kappa shape index (κ3) is 118. The van der Waals surface area contributed by atoms with Crippen LogP contribution in [0.5, 0.6) is 0 Å². The van der Waals surface area contributed by atoms with E-state index >= 15 is 0 Å². The number of methoxy groups -OCH3 is 1. The topological polar surface area (TPSA) is 148 Å². The fourth-order valence-corrected chi connectivity index (χ4v) is 3.97. The average Bonchev–Trinajstić information content (AvgIpc) is 3.34. The Morgan fingerprint density at radius 3 is 1.25 bits per heavy atom. The fraction of sp³-hybridized carbons (Fsp3) is 0.824.